The highest BCUT2D eigenvalue weighted by Crippen LogP contribution is 2.42. The van der Waals surface area contributed by atoms with Gasteiger partial charge in [-0.05, 0) is 83.0 Å². The molecule has 2 N–H and O–H groups in total. The number of thioether (sulfide) groups is 1. The molecule has 4 aromatic heterocycles. The summed E-state index contributed by atoms with van der Waals surface area (Å²) in [5, 5.41) is 11.8. The maximum atomic E-state index is 15.7. The summed E-state index contributed by atoms with van der Waals surface area (Å²) in [5.74, 6) is 0.373. The summed E-state index contributed by atoms with van der Waals surface area (Å²) < 4.78 is 55.0. The van der Waals surface area contributed by atoms with Gasteiger partial charge in [-0.1, -0.05) is 12.1 Å². The van der Waals surface area contributed by atoms with E-state index in [-0.39, 0.29) is 29.2 Å². The largest absolute Gasteiger partial charge is 0.444 e. The molecule has 7 rings (SSSR count). The fraction of sp³-hybridized carbons (Fsp3) is 0.351. The Morgan fingerprint density at radius 3 is 2.51 bits per heavy atom. The third kappa shape index (κ3) is 7.71. The van der Waals surface area contributed by atoms with Crippen LogP contribution in [0.3, 0.4) is 0 Å². The van der Waals surface area contributed by atoms with Crippen molar-refractivity contribution in [3.63, 3.8) is 0 Å². The quantitative estimate of drug-likeness (QED) is 0.180. The van der Waals surface area contributed by atoms with Gasteiger partial charge >= 0.3 is 6.09 Å². The normalized spacial score (nSPS) is 16.7. The van der Waals surface area contributed by atoms with Crippen LogP contribution >= 0.6 is 23.1 Å². The Morgan fingerprint density at radius 1 is 1.12 bits per heavy atom. The van der Waals surface area contributed by atoms with Crippen molar-refractivity contribution in [1.29, 1.82) is 0 Å². The van der Waals surface area contributed by atoms with Crippen molar-refractivity contribution >= 4 is 56.3 Å². The van der Waals surface area contributed by atoms with Gasteiger partial charge in [0, 0.05) is 46.9 Å². The Labute approximate surface area is 302 Å². The summed E-state index contributed by atoms with van der Waals surface area (Å²) in [6.45, 7) is 9.82. The smallest absolute Gasteiger partial charge is 0.410 e. The van der Waals surface area contributed by atoms with Crippen LogP contribution < -0.4 is 5.73 Å². The van der Waals surface area contributed by atoms with Crippen molar-refractivity contribution in [2.45, 2.75) is 59.2 Å². The van der Waals surface area contributed by atoms with Crippen molar-refractivity contribution < 1.29 is 22.7 Å². The Kier molecular flexibility index (Phi) is 10.4. The standard InChI is InChI=1S/C34H34F3N7O2S.C3H6S/c1-18-15-43(33(45)46-34(3,4)5)16-23-14-27(41-44(18)23)31-25(13-22(36)12-21(35)9-10-38)29-26(37)17-47-32(29)30(39-31)20-7-8-24-19(2)40-42(6)28(24)11-20;1-2-4-3-1/h7-14,17-18H,15-16,38H2,1-6H3;1-3H2/b10-9+,21-12+,22-13?;. The summed E-state index contributed by atoms with van der Waals surface area (Å²) in [5.41, 5.74) is 8.85. The summed E-state index contributed by atoms with van der Waals surface area (Å²) in [6, 6.07) is 7.30. The molecule has 1 fully saturated rings. The van der Waals surface area contributed by atoms with Gasteiger partial charge in [0.2, 0.25) is 0 Å². The minimum absolute atomic E-state index is 0.102. The van der Waals surface area contributed by atoms with E-state index in [0.717, 1.165) is 46.3 Å². The Bertz CT molecular complexity index is 2200. The van der Waals surface area contributed by atoms with Crippen molar-refractivity contribution in [2.24, 2.45) is 12.8 Å². The first-order valence-corrected chi connectivity index (χ1v) is 18.6. The van der Waals surface area contributed by atoms with E-state index >= 15 is 8.78 Å². The second-order valence-electron chi connectivity index (χ2n) is 13.5. The Morgan fingerprint density at radius 2 is 1.84 bits per heavy atom. The van der Waals surface area contributed by atoms with Crippen molar-refractivity contribution in [3.05, 3.63) is 82.4 Å². The second kappa shape index (κ2) is 14.6. The summed E-state index contributed by atoms with van der Waals surface area (Å²) in [7, 11) is 1.85. The van der Waals surface area contributed by atoms with Crippen LogP contribution in [0.5, 0.6) is 0 Å². The number of hydrogen-bond donors (Lipinski definition) is 1. The first-order valence-electron chi connectivity index (χ1n) is 16.6. The molecule has 9 nitrogen and oxygen atoms in total. The van der Waals surface area contributed by atoms with Gasteiger partial charge in [0.05, 0.1) is 45.6 Å². The molecule has 268 valence electrons. The number of hydrogen-bond acceptors (Lipinski definition) is 8. The van der Waals surface area contributed by atoms with Crippen molar-refractivity contribution in [1.82, 2.24) is 29.4 Å². The number of ether oxygens (including phenoxy) is 1. The van der Waals surface area contributed by atoms with E-state index in [0.29, 0.717) is 40.0 Å². The SMILES string of the molecule is C1CSC1.Cc1nn(C)c2cc(-c3nc(-c4cc5n(n4)C(C)CN(C(=O)OC(C)(C)C)C5)c(C=C(F)/C=C(F)\C=C\N)c4c(F)csc34)ccc12. The first-order chi connectivity index (χ1) is 24.2. The molecule has 1 atom stereocenters. The average molecular weight is 736 g/mol. The molecule has 1 aromatic carbocycles. The highest BCUT2D eigenvalue weighted by molar-refractivity contribution is 8.00. The topological polar surface area (TPSA) is 104 Å². The zero-order chi connectivity index (χ0) is 36.6. The van der Waals surface area contributed by atoms with E-state index < -0.39 is 29.2 Å². The number of aromatic nitrogens is 5. The lowest BCUT2D eigenvalue weighted by Gasteiger charge is -2.33. The lowest BCUT2D eigenvalue weighted by Crippen LogP contribution is -2.43. The van der Waals surface area contributed by atoms with Crippen LogP contribution in [0.2, 0.25) is 0 Å². The minimum atomic E-state index is -0.969. The molecule has 51 heavy (non-hydrogen) atoms. The van der Waals surface area contributed by atoms with E-state index in [9.17, 15) is 9.18 Å². The van der Waals surface area contributed by atoms with E-state index in [4.69, 9.17) is 20.6 Å². The molecule has 6 heterocycles. The van der Waals surface area contributed by atoms with Gasteiger partial charge in [0.15, 0.2) is 0 Å². The molecule has 1 unspecified atom stereocenters. The van der Waals surface area contributed by atoms with Gasteiger partial charge in [0.25, 0.3) is 0 Å². The number of carbonyl (C=O) groups is 1. The second-order valence-corrected chi connectivity index (χ2v) is 15.6. The van der Waals surface area contributed by atoms with Gasteiger partial charge in [-0.15, -0.1) is 11.3 Å². The highest BCUT2D eigenvalue weighted by Gasteiger charge is 2.31. The predicted octanol–water partition coefficient (Wildman–Crippen LogP) is 9.23. The van der Waals surface area contributed by atoms with Crippen LogP contribution in [0.25, 0.3) is 49.7 Å². The molecule has 5 aromatic rings. The highest BCUT2D eigenvalue weighted by atomic mass is 32.2. The van der Waals surface area contributed by atoms with Crippen molar-refractivity contribution in [3.8, 4) is 22.6 Å². The monoisotopic (exact) mass is 735 g/mol. The van der Waals surface area contributed by atoms with Crippen LogP contribution in [0, 0.1) is 12.7 Å². The average Bonchev–Trinajstić information content (AvgIpc) is 3.71. The van der Waals surface area contributed by atoms with Crippen LogP contribution in [-0.2, 0) is 18.3 Å². The van der Waals surface area contributed by atoms with Gasteiger partial charge in [-0.3, -0.25) is 9.36 Å². The Hall–Kier alpha value is -4.56. The summed E-state index contributed by atoms with van der Waals surface area (Å²) >= 11 is 3.18. The number of amides is 1. The lowest BCUT2D eigenvalue weighted by atomic mass is 10.0. The third-order valence-corrected chi connectivity index (χ3v) is 10.5. The number of aryl methyl sites for hydroxylation is 2. The van der Waals surface area contributed by atoms with Gasteiger partial charge < -0.3 is 15.4 Å². The maximum Gasteiger partial charge on any atom is 0.410 e. The van der Waals surface area contributed by atoms with Crippen LogP contribution in [-0.4, -0.2) is 59.2 Å². The zero-order valence-corrected chi connectivity index (χ0v) is 31.0. The molecule has 2 aliphatic rings. The molecular weight excluding hydrogens is 696 g/mol. The van der Waals surface area contributed by atoms with E-state index in [1.807, 2.05) is 50.9 Å². The van der Waals surface area contributed by atoms with E-state index in [2.05, 4.69) is 5.10 Å². The molecule has 0 bridgehead atoms. The minimum Gasteiger partial charge on any atom is -0.444 e. The molecule has 0 radical (unpaired) electrons. The van der Waals surface area contributed by atoms with Crippen LogP contribution in [0.1, 0.15) is 57.1 Å². The number of nitrogens with zero attached hydrogens (tertiary/aromatic N) is 6. The Balaban J connectivity index is 0.00000105. The number of halogens is 3. The van der Waals surface area contributed by atoms with E-state index in [1.54, 1.807) is 41.1 Å². The molecule has 0 saturated carbocycles. The van der Waals surface area contributed by atoms with Gasteiger partial charge in [0.1, 0.15) is 28.8 Å². The number of nitrogens with two attached hydrogens (primary N) is 1. The molecule has 1 amide bonds. The molecule has 1 saturated heterocycles. The number of allylic oxidation sites excluding steroid dienone is 4. The molecule has 14 heteroatoms. The van der Waals surface area contributed by atoms with Gasteiger partial charge in [-0.2, -0.15) is 22.0 Å². The number of carbonyl (C=O) groups excluding carboxylic acids is 1. The van der Waals surface area contributed by atoms with Crippen molar-refractivity contribution in [2.75, 3.05) is 18.1 Å². The third-order valence-electron chi connectivity index (χ3n) is 8.37. The number of thiophene rings is 1. The molecular formula is C37H40F3N7O2S2. The number of fused-ring (bicyclic) bond motifs is 3. The molecule has 2 aliphatic heterocycles. The fourth-order valence-electron chi connectivity index (χ4n) is 5.99. The maximum absolute atomic E-state index is 15.7. The van der Waals surface area contributed by atoms with Gasteiger partial charge in [-0.25, -0.2) is 22.9 Å². The zero-order valence-electron chi connectivity index (χ0n) is 29.3. The summed E-state index contributed by atoms with van der Waals surface area (Å²) in [6.07, 6.45) is 4.59. The van der Waals surface area contributed by atoms with E-state index in [1.165, 1.54) is 23.3 Å². The lowest BCUT2D eigenvalue weighted by molar-refractivity contribution is 0.0166. The molecule has 0 spiro atoms. The van der Waals surface area contributed by atoms with Crippen LogP contribution in [0.15, 0.2) is 59.7 Å². The van der Waals surface area contributed by atoms with Crippen LogP contribution in [0.4, 0.5) is 18.0 Å². The fourth-order valence-corrected chi connectivity index (χ4v) is 7.21. The predicted molar refractivity (Wildman–Crippen MR) is 200 cm³/mol. The molecule has 0 aliphatic carbocycles. The number of benzene rings is 1. The number of pyridine rings is 1. The summed E-state index contributed by atoms with van der Waals surface area (Å²) in [4.78, 5) is 19.6. The number of rotatable bonds is 5. The first kappa shape index (κ1) is 36.2.